The zero-order chi connectivity index (χ0) is 46.4. The van der Waals surface area contributed by atoms with E-state index < -0.39 is 32.5 Å². The van der Waals surface area contributed by atoms with E-state index >= 15 is 0 Å². The van der Waals surface area contributed by atoms with E-state index in [4.69, 9.17) is 18.5 Å². The van der Waals surface area contributed by atoms with E-state index in [1.807, 2.05) is 21.1 Å². The van der Waals surface area contributed by atoms with Crippen LogP contribution in [0.3, 0.4) is 0 Å². The molecule has 0 aliphatic carbocycles. The molecule has 0 heterocycles. The topological polar surface area (TPSA) is 111 Å². The summed E-state index contributed by atoms with van der Waals surface area (Å²) in [6, 6.07) is 0. The number of hydrogen-bond acceptors (Lipinski definition) is 8. The molecule has 0 aliphatic rings. The van der Waals surface area contributed by atoms with Gasteiger partial charge in [-0.25, -0.2) is 0 Å². The number of esters is 2. The molecule has 0 radical (unpaired) electrons. The highest BCUT2D eigenvalue weighted by Gasteiger charge is 2.21. The number of quaternary nitrogens is 1. The molecule has 9 nitrogen and oxygen atoms in total. The Labute approximate surface area is 385 Å². The summed E-state index contributed by atoms with van der Waals surface area (Å²) in [5.74, 6) is -0.891. The van der Waals surface area contributed by atoms with Crippen LogP contribution in [0.1, 0.15) is 174 Å². The van der Waals surface area contributed by atoms with Crippen molar-refractivity contribution in [1.82, 2.24) is 0 Å². The molecule has 0 rings (SSSR count). The van der Waals surface area contributed by atoms with Crippen LogP contribution >= 0.6 is 7.82 Å². The molecule has 0 N–H and O–H groups in total. The third kappa shape index (κ3) is 48.2. The fourth-order valence-corrected chi connectivity index (χ4v) is 6.77. The average molecular weight is 900 g/mol. The molecule has 0 fully saturated rings. The highest BCUT2D eigenvalue weighted by molar-refractivity contribution is 7.45. The molecule has 0 amide bonds. The summed E-state index contributed by atoms with van der Waals surface area (Å²) in [5, 5.41) is 0. The van der Waals surface area contributed by atoms with Crippen LogP contribution in [0.25, 0.3) is 0 Å². The first-order valence-electron chi connectivity index (χ1n) is 24.4. The quantitative estimate of drug-likeness (QED) is 0.0196. The van der Waals surface area contributed by atoms with Crippen molar-refractivity contribution in [1.29, 1.82) is 0 Å². The Hall–Kier alpha value is -3.07. The predicted octanol–water partition coefficient (Wildman–Crippen LogP) is 13.9. The second-order valence-electron chi connectivity index (χ2n) is 17.1. The molecule has 0 saturated carbocycles. The van der Waals surface area contributed by atoms with Crippen LogP contribution in [0.4, 0.5) is 0 Å². The van der Waals surface area contributed by atoms with Gasteiger partial charge in [-0.2, -0.15) is 0 Å². The first-order chi connectivity index (χ1) is 30.5. The van der Waals surface area contributed by atoms with E-state index in [0.29, 0.717) is 23.9 Å². The van der Waals surface area contributed by atoms with Crippen molar-refractivity contribution in [3.05, 3.63) is 97.2 Å². The van der Waals surface area contributed by atoms with Crippen molar-refractivity contribution < 1.29 is 42.1 Å². The second-order valence-corrected chi connectivity index (χ2v) is 18.5. The first-order valence-corrected chi connectivity index (χ1v) is 25.9. The van der Waals surface area contributed by atoms with Crippen molar-refractivity contribution in [2.45, 2.75) is 180 Å². The Balaban J connectivity index is 4.39. The van der Waals surface area contributed by atoms with Crippen molar-refractivity contribution in [2.75, 3.05) is 47.5 Å². The zero-order valence-corrected chi connectivity index (χ0v) is 41.4. The van der Waals surface area contributed by atoms with E-state index in [-0.39, 0.29) is 26.1 Å². The summed E-state index contributed by atoms with van der Waals surface area (Å²) < 4.78 is 33.9. The summed E-state index contributed by atoms with van der Waals surface area (Å²) in [6.45, 7) is 4.04. The number of phosphoric acid groups is 1. The van der Waals surface area contributed by atoms with Gasteiger partial charge in [0.1, 0.15) is 19.8 Å². The number of carbonyl (C=O) groups excluding carboxylic acids is 2. The maximum absolute atomic E-state index is 12.7. The summed E-state index contributed by atoms with van der Waals surface area (Å²) in [5.41, 5.74) is 0. The number of nitrogens with zero attached hydrogens (tertiary/aromatic N) is 1. The standard InChI is InChI=1S/C53H90NO8P/c1-6-8-10-12-14-16-18-20-22-23-24-25-26-27-28-29-30-31-32-34-36-38-40-42-44-46-53(56)62-51(50-61-63(57,58)60-48-47-54(3,4)5)49-59-52(55)45-43-41-39-37-35-33-21-19-17-15-13-11-9-7-2/h8,10,14,16,19-22,24-25,27-28,30-31,34,36,51H,6-7,9,11-13,15,17-18,23,26,29,32-33,35,37-50H2,1-5H3/b10-8-,16-14-,21-19-,22-20-,25-24-,28-27-,31-30-,36-34-. The third-order valence-corrected chi connectivity index (χ3v) is 10.8. The normalized spacial score (nSPS) is 14.3. The molecular weight excluding hydrogens is 810 g/mol. The van der Waals surface area contributed by atoms with Gasteiger partial charge in [-0.05, 0) is 96.3 Å². The van der Waals surface area contributed by atoms with Gasteiger partial charge in [-0.3, -0.25) is 14.2 Å². The number of phosphoric ester groups is 1. The minimum atomic E-state index is -4.65. The Morgan fingerprint density at radius 2 is 0.905 bits per heavy atom. The Kier molecular flexibility index (Phi) is 42.0. The van der Waals surface area contributed by atoms with Gasteiger partial charge in [-0.15, -0.1) is 0 Å². The molecule has 2 atom stereocenters. The van der Waals surface area contributed by atoms with Crippen molar-refractivity contribution in [2.24, 2.45) is 0 Å². The van der Waals surface area contributed by atoms with Gasteiger partial charge in [0.05, 0.1) is 27.7 Å². The Morgan fingerprint density at radius 3 is 1.38 bits per heavy atom. The number of likely N-dealkylation sites (N-methyl/N-ethyl adjacent to an activating group) is 1. The lowest BCUT2D eigenvalue weighted by atomic mass is 10.1. The average Bonchev–Trinajstić information content (AvgIpc) is 3.24. The number of unbranched alkanes of at least 4 members (excludes halogenated alkanes) is 13. The SMILES string of the molecule is CC/C=C\C/C=C\C/C=C\C/C=C\C/C=C\C/C=C\C/C=C\CCCCCC(=O)OC(COC(=O)CCCCCCC/C=C\CCCCCCC)COP(=O)([O-])OCC[N+](C)(C)C. The van der Waals surface area contributed by atoms with E-state index in [0.717, 1.165) is 96.3 Å². The van der Waals surface area contributed by atoms with Gasteiger partial charge in [-0.1, -0.05) is 162 Å². The Bertz CT molecular complexity index is 1390. The number of rotatable bonds is 43. The molecular formula is C53H90NO8P. The fraction of sp³-hybridized carbons (Fsp3) is 0.660. The monoisotopic (exact) mass is 900 g/mol. The molecule has 0 aromatic rings. The Morgan fingerprint density at radius 1 is 0.508 bits per heavy atom. The van der Waals surface area contributed by atoms with Crippen LogP contribution in [0.15, 0.2) is 97.2 Å². The van der Waals surface area contributed by atoms with Gasteiger partial charge in [0.2, 0.25) is 0 Å². The maximum atomic E-state index is 12.7. The van der Waals surface area contributed by atoms with Gasteiger partial charge < -0.3 is 27.9 Å². The molecule has 360 valence electrons. The van der Waals surface area contributed by atoms with Crippen molar-refractivity contribution >= 4 is 19.8 Å². The van der Waals surface area contributed by atoms with Crippen LogP contribution in [0, 0.1) is 0 Å². The minimum Gasteiger partial charge on any atom is -0.756 e. The maximum Gasteiger partial charge on any atom is 0.306 e. The lowest BCUT2D eigenvalue weighted by Crippen LogP contribution is -2.37. The molecule has 0 spiro atoms. The highest BCUT2D eigenvalue weighted by atomic mass is 31.2. The molecule has 2 unspecified atom stereocenters. The number of hydrogen-bond donors (Lipinski definition) is 0. The summed E-state index contributed by atoms with van der Waals surface area (Å²) in [7, 11) is 1.12. The second kappa shape index (κ2) is 44.1. The van der Waals surface area contributed by atoms with Crippen LogP contribution in [-0.2, 0) is 32.7 Å². The molecule has 0 saturated heterocycles. The van der Waals surface area contributed by atoms with Crippen LogP contribution in [-0.4, -0.2) is 70.0 Å². The number of ether oxygens (including phenoxy) is 2. The molecule has 10 heteroatoms. The van der Waals surface area contributed by atoms with Crippen molar-refractivity contribution in [3.63, 3.8) is 0 Å². The fourth-order valence-electron chi connectivity index (χ4n) is 6.04. The van der Waals surface area contributed by atoms with Gasteiger partial charge in [0.25, 0.3) is 7.82 Å². The summed E-state index contributed by atoms with van der Waals surface area (Å²) in [6.07, 6.45) is 58.6. The molecule has 0 aromatic heterocycles. The van der Waals surface area contributed by atoms with E-state index in [1.165, 1.54) is 38.5 Å². The van der Waals surface area contributed by atoms with Crippen molar-refractivity contribution in [3.8, 4) is 0 Å². The molecule has 63 heavy (non-hydrogen) atoms. The molecule has 0 bridgehead atoms. The lowest BCUT2D eigenvalue weighted by molar-refractivity contribution is -0.870. The first kappa shape index (κ1) is 59.9. The third-order valence-electron chi connectivity index (χ3n) is 9.84. The van der Waals surface area contributed by atoms with Crippen LogP contribution in [0.5, 0.6) is 0 Å². The van der Waals surface area contributed by atoms with Gasteiger partial charge in [0, 0.05) is 12.8 Å². The van der Waals surface area contributed by atoms with Gasteiger partial charge >= 0.3 is 11.9 Å². The van der Waals surface area contributed by atoms with Gasteiger partial charge in [0.15, 0.2) is 6.10 Å². The summed E-state index contributed by atoms with van der Waals surface area (Å²) in [4.78, 5) is 37.6. The predicted molar refractivity (Wildman–Crippen MR) is 263 cm³/mol. The highest BCUT2D eigenvalue weighted by Crippen LogP contribution is 2.38. The van der Waals surface area contributed by atoms with Crippen LogP contribution < -0.4 is 4.89 Å². The number of carbonyl (C=O) groups is 2. The van der Waals surface area contributed by atoms with Crippen LogP contribution in [0.2, 0.25) is 0 Å². The zero-order valence-electron chi connectivity index (χ0n) is 40.5. The smallest absolute Gasteiger partial charge is 0.306 e. The van der Waals surface area contributed by atoms with E-state index in [2.05, 4.69) is 111 Å². The number of allylic oxidation sites excluding steroid dienone is 16. The molecule has 0 aromatic carbocycles. The van der Waals surface area contributed by atoms with E-state index in [9.17, 15) is 19.0 Å². The molecule has 0 aliphatic heterocycles. The lowest BCUT2D eigenvalue weighted by Gasteiger charge is -2.28. The minimum absolute atomic E-state index is 0.0443. The van der Waals surface area contributed by atoms with E-state index in [1.54, 1.807) is 0 Å². The largest absolute Gasteiger partial charge is 0.756 e. The summed E-state index contributed by atoms with van der Waals surface area (Å²) >= 11 is 0.